The first-order valence-corrected chi connectivity index (χ1v) is 8.95. The van der Waals surface area contributed by atoms with Crippen molar-refractivity contribution in [3.8, 4) is 0 Å². The molecule has 1 heterocycles. The van der Waals surface area contributed by atoms with Crippen molar-refractivity contribution < 1.29 is 4.74 Å². The van der Waals surface area contributed by atoms with Gasteiger partial charge in [-0.2, -0.15) is 0 Å². The number of para-hydroxylation sites is 1. The van der Waals surface area contributed by atoms with Gasteiger partial charge in [-0.05, 0) is 37.1 Å². The Morgan fingerprint density at radius 3 is 2.56 bits per heavy atom. The van der Waals surface area contributed by atoms with Crippen molar-refractivity contribution in [1.29, 1.82) is 0 Å². The summed E-state index contributed by atoms with van der Waals surface area (Å²) in [5.74, 6) is 0. The number of hydrogen-bond acceptors (Lipinski definition) is 3. The molecule has 0 N–H and O–H groups in total. The van der Waals surface area contributed by atoms with Crippen LogP contribution in [0.2, 0.25) is 0 Å². The molecule has 2 aromatic carbocycles. The molecule has 0 bridgehead atoms. The maximum Gasteiger partial charge on any atom is 0.186 e. The second-order valence-electron chi connectivity index (χ2n) is 6.12. The average molecular weight is 335 g/mol. The van der Waals surface area contributed by atoms with E-state index in [1.165, 1.54) is 5.56 Å². The third-order valence-corrected chi connectivity index (χ3v) is 4.24. The second kappa shape index (κ2) is 8.08. The number of fused-ring (bicyclic) bond motifs is 1. The van der Waals surface area contributed by atoms with Crippen LogP contribution in [0.15, 0.2) is 66.7 Å². The third kappa shape index (κ3) is 3.80. The van der Waals surface area contributed by atoms with Gasteiger partial charge in [0.1, 0.15) is 5.52 Å². The number of benzene rings is 2. The molecule has 3 aromatic rings. The highest BCUT2D eigenvalue weighted by atomic mass is 16.5. The first kappa shape index (κ1) is 17.4. The zero-order chi connectivity index (χ0) is 17.5. The summed E-state index contributed by atoms with van der Waals surface area (Å²) in [7, 11) is 0. The van der Waals surface area contributed by atoms with Gasteiger partial charge in [-0.25, -0.2) is 4.68 Å². The second-order valence-corrected chi connectivity index (χ2v) is 6.12. The fraction of sp³-hybridized carbons (Fsp3) is 0.333. The van der Waals surface area contributed by atoms with Crippen LogP contribution in [0.25, 0.3) is 11.0 Å². The lowest BCUT2D eigenvalue weighted by Crippen LogP contribution is -2.38. The Morgan fingerprint density at radius 2 is 1.80 bits per heavy atom. The highest BCUT2D eigenvalue weighted by Crippen LogP contribution is 2.29. The SMILES string of the molecule is CCC/C=C/C(Cc1ccccc1)(OCC)n1nnc2ccccc21. The highest BCUT2D eigenvalue weighted by molar-refractivity contribution is 5.74. The van der Waals surface area contributed by atoms with Gasteiger partial charge in [0.05, 0.1) is 5.52 Å². The number of hydrogen-bond donors (Lipinski definition) is 0. The van der Waals surface area contributed by atoms with Crippen LogP contribution >= 0.6 is 0 Å². The molecule has 1 aromatic heterocycles. The molecule has 0 aliphatic heterocycles. The highest BCUT2D eigenvalue weighted by Gasteiger charge is 2.33. The monoisotopic (exact) mass is 335 g/mol. The van der Waals surface area contributed by atoms with E-state index in [-0.39, 0.29) is 0 Å². The summed E-state index contributed by atoms with van der Waals surface area (Å²) in [5.41, 5.74) is 2.38. The smallest absolute Gasteiger partial charge is 0.186 e. The van der Waals surface area contributed by atoms with Gasteiger partial charge in [0.25, 0.3) is 0 Å². The van der Waals surface area contributed by atoms with E-state index in [2.05, 4.69) is 53.7 Å². The van der Waals surface area contributed by atoms with E-state index in [4.69, 9.17) is 4.74 Å². The Kier molecular flexibility index (Phi) is 5.61. The fourth-order valence-corrected chi connectivity index (χ4v) is 3.09. The van der Waals surface area contributed by atoms with Crippen LogP contribution in [0.3, 0.4) is 0 Å². The van der Waals surface area contributed by atoms with E-state index < -0.39 is 5.72 Å². The molecular weight excluding hydrogens is 310 g/mol. The van der Waals surface area contributed by atoms with Crippen LogP contribution in [0.1, 0.15) is 32.3 Å². The van der Waals surface area contributed by atoms with E-state index in [0.29, 0.717) is 13.0 Å². The van der Waals surface area contributed by atoms with Gasteiger partial charge in [0.15, 0.2) is 5.72 Å². The van der Waals surface area contributed by atoms with Crippen LogP contribution in [0.4, 0.5) is 0 Å². The maximum atomic E-state index is 6.31. The van der Waals surface area contributed by atoms with E-state index in [9.17, 15) is 0 Å². The average Bonchev–Trinajstić information content (AvgIpc) is 3.07. The minimum atomic E-state index is -0.679. The molecule has 0 spiro atoms. The molecule has 0 fully saturated rings. The first-order chi connectivity index (χ1) is 12.3. The molecule has 3 rings (SSSR count). The summed E-state index contributed by atoms with van der Waals surface area (Å²) in [5, 5.41) is 8.79. The van der Waals surface area contributed by atoms with Gasteiger partial charge in [-0.3, -0.25) is 0 Å². The minimum Gasteiger partial charge on any atom is -0.350 e. The van der Waals surface area contributed by atoms with Crippen LogP contribution < -0.4 is 0 Å². The largest absolute Gasteiger partial charge is 0.350 e. The molecule has 1 atom stereocenters. The Bertz CT molecular complexity index is 825. The Hall–Kier alpha value is -2.46. The van der Waals surface area contributed by atoms with Gasteiger partial charge in [0.2, 0.25) is 0 Å². The van der Waals surface area contributed by atoms with E-state index in [0.717, 1.165) is 23.9 Å². The van der Waals surface area contributed by atoms with Gasteiger partial charge in [0, 0.05) is 13.0 Å². The predicted molar refractivity (Wildman–Crippen MR) is 101 cm³/mol. The molecule has 130 valence electrons. The maximum absolute atomic E-state index is 6.31. The van der Waals surface area contributed by atoms with E-state index in [1.54, 1.807) is 0 Å². The quantitative estimate of drug-likeness (QED) is 0.559. The van der Waals surface area contributed by atoms with Crippen LogP contribution in [-0.2, 0) is 16.9 Å². The first-order valence-electron chi connectivity index (χ1n) is 8.95. The molecule has 4 heteroatoms. The molecule has 0 saturated carbocycles. The van der Waals surface area contributed by atoms with Gasteiger partial charge in [-0.1, -0.05) is 67.1 Å². The molecular formula is C21H25N3O. The lowest BCUT2D eigenvalue weighted by molar-refractivity contribution is -0.0685. The topological polar surface area (TPSA) is 39.9 Å². The Balaban J connectivity index is 2.11. The van der Waals surface area contributed by atoms with Crippen molar-refractivity contribution in [2.45, 2.75) is 38.8 Å². The molecule has 0 aliphatic rings. The predicted octanol–water partition coefficient (Wildman–Crippen LogP) is 4.72. The Labute approximate surface area is 149 Å². The molecule has 0 aliphatic carbocycles. The number of unbranched alkanes of at least 4 members (excludes halogenated alkanes) is 1. The lowest BCUT2D eigenvalue weighted by Gasteiger charge is -2.31. The van der Waals surface area contributed by atoms with Crippen LogP contribution in [0, 0.1) is 0 Å². The summed E-state index contributed by atoms with van der Waals surface area (Å²) in [6.45, 7) is 4.79. The third-order valence-electron chi connectivity index (χ3n) is 4.24. The number of allylic oxidation sites excluding steroid dienone is 1. The zero-order valence-electron chi connectivity index (χ0n) is 14.9. The van der Waals surface area contributed by atoms with Crippen molar-refractivity contribution in [3.63, 3.8) is 0 Å². The lowest BCUT2D eigenvalue weighted by atomic mass is 10.0. The number of rotatable bonds is 8. The standard InChI is InChI=1S/C21H25N3O/c1-3-5-11-16-21(25-4-2,17-18-12-7-6-8-13-18)24-20-15-10-9-14-19(20)22-23-24/h6-16H,3-5,17H2,1-2H3/b16-11+. The van der Waals surface area contributed by atoms with Crippen molar-refractivity contribution in [2.24, 2.45) is 0 Å². The molecule has 0 amide bonds. The van der Waals surface area contributed by atoms with Crippen molar-refractivity contribution in [2.75, 3.05) is 6.61 Å². The molecule has 4 nitrogen and oxygen atoms in total. The van der Waals surface area contributed by atoms with Gasteiger partial charge < -0.3 is 4.74 Å². The summed E-state index contributed by atoms with van der Waals surface area (Å²) >= 11 is 0. The van der Waals surface area contributed by atoms with Crippen molar-refractivity contribution in [1.82, 2.24) is 15.0 Å². The number of aromatic nitrogens is 3. The number of nitrogens with zero attached hydrogens (tertiary/aromatic N) is 3. The van der Waals surface area contributed by atoms with Gasteiger partial charge in [-0.15, -0.1) is 5.10 Å². The molecule has 0 saturated heterocycles. The summed E-state index contributed by atoms with van der Waals surface area (Å²) in [4.78, 5) is 0. The van der Waals surface area contributed by atoms with Crippen molar-refractivity contribution >= 4 is 11.0 Å². The van der Waals surface area contributed by atoms with Crippen molar-refractivity contribution in [3.05, 3.63) is 72.3 Å². The van der Waals surface area contributed by atoms with Crippen LogP contribution in [-0.4, -0.2) is 21.6 Å². The van der Waals surface area contributed by atoms with E-state index >= 15 is 0 Å². The fourth-order valence-electron chi connectivity index (χ4n) is 3.09. The summed E-state index contributed by atoms with van der Waals surface area (Å²) in [6.07, 6.45) is 7.15. The minimum absolute atomic E-state index is 0.595. The summed E-state index contributed by atoms with van der Waals surface area (Å²) < 4.78 is 8.23. The molecule has 1 unspecified atom stereocenters. The normalized spacial score (nSPS) is 14.2. The van der Waals surface area contributed by atoms with E-state index in [1.807, 2.05) is 41.9 Å². The molecule has 0 radical (unpaired) electrons. The number of ether oxygens (including phenoxy) is 1. The Morgan fingerprint density at radius 1 is 1.04 bits per heavy atom. The zero-order valence-corrected chi connectivity index (χ0v) is 14.9. The summed E-state index contributed by atoms with van der Waals surface area (Å²) in [6, 6.07) is 18.4. The van der Waals surface area contributed by atoms with Crippen LogP contribution in [0.5, 0.6) is 0 Å². The molecule has 25 heavy (non-hydrogen) atoms. The van der Waals surface area contributed by atoms with Gasteiger partial charge >= 0.3 is 0 Å².